The monoisotopic (exact) mass is 351 g/mol. The van der Waals surface area contributed by atoms with Gasteiger partial charge in [0, 0.05) is 6.04 Å². The summed E-state index contributed by atoms with van der Waals surface area (Å²) in [4.78, 5) is 14.3. The zero-order valence-electron chi connectivity index (χ0n) is 12.8. The predicted octanol–water partition coefficient (Wildman–Crippen LogP) is 2.14. The second kappa shape index (κ2) is 10.0. The molecule has 1 aliphatic rings. The van der Waals surface area contributed by atoms with Gasteiger partial charge in [0.1, 0.15) is 11.9 Å². The van der Waals surface area contributed by atoms with Crippen molar-refractivity contribution in [2.75, 3.05) is 27.2 Å². The quantitative estimate of drug-likeness (QED) is 0.873. The van der Waals surface area contributed by atoms with Crippen LogP contribution in [-0.4, -0.2) is 44.0 Å². The number of carbonyl (C=O) groups excluding carboxylic acids is 1. The summed E-state index contributed by atoms with van der Waals surface area (Å²) >= 11 is 0. The van der Waals surface area contributed by atoms with Crippen LogP contribution in [-0.2, 0) is 4.79 Å². The van der Waals surface area contributed by atoms with Gasteiger partial charge in [0.2, 0.25) is 5.91 Å². The first-order chi connectivity index (χ1) is 9.58. The highest BCUT2D eigenvalue weighted by Crippen LogP contribution is 2.20. The normalized spacial score (nSPS) is 16.4. The summed E-state index contributed by atoms with van der Waals surface area (Å²) in [6, 6.07) is 5.99. The third-order valence-corrected chi connectivity index (χ3v) is 3.61. The Labute approximate surface area is 143 Å². The summed E-state index contributed by atoms with van der Waals surface area (Å²) in [5.41, 5.74) is 0.682. The fourth-order valence-electron chi connectivity index (χ4n) is 2.61. The summed E-state index contributed by atoms with van der Waals surface area (Å²) in [5.74, 6) is -0.378. The topological polar surface area (TPSA) is 44.4 Å². The summed E-state index contributed by atoms with van der Waals surface area (Å²) in [5, 5.41) is 6.34. The van der Waals surface area contributed by atoms with Crippen LogP contribution in [0.5, 0.6) is 0 Å². The van der Waals surface area contributed by atoms with Crippen LogP contribution >= 0.6 is 24.8 Å². The molecule has 1 heterocycles. The van der Waals surface area contributed by atoms with Crippen LogP contribution in [0.4, 0.5) is 4.39 Å². The molecule has 0 spiro atoms. The Hall–Kier alpha value is -0.880. The molecule has 1 fully saturated rings. The third kappa shape index (κ3) is 5.72. The van der Waals surface area contributed by atoms with E-state index in [1.165, 1.54) is 12.1 Å². The van der Waals surface area contributed by atoms with E-state index in [2.05, 4.69) is 10.6 Å². The molecule has 7 heteroatoms. The van der Waals surface area contributed by atoms with Gasteiger partial charge in [0.05, 0.1) is 0 Å². The first kappa shape index (κ1) is 21.1. The molecule has 0 aromatic heterocycles. The molecule has 0 bridgehead atoms. The van der Waals surface area contributed by atoms with Gasteiger partial charge in [-0.1, -0.05) is 12.1 Å². The second-order valence-electron chi connectivity index (χ2n) is 5.45. The lowest BCUT2D eigenvalue weighted by molar-refractivity contribution is -0.126. The zero-order chi connectivity index (χ0) is 14.5. The largest absolute Gasteiger partial charge is 0.352 e. The smallest absolute Gasteiger partial charge is 0.242 e. The maximum Gasteiger partial charge on any atom is 0.242 e. The minimum absolute atomic E-state index is 0. The summed E-state index contributed by atoms with van der Waals surface area (Å²) in [7, 11) is 3.66. The molecule has 1 amide bonds. The SMILES string of the molecule is CN(C)C(C(=O)NC1CCNCC1)c1cccc(F)c1.Cl.Cl. The molecule has 1 aliphatic heterocycles. The summed E-state index contributed by atoms with van der Waals surface area (Å²) in [6.45, 7) is 1.86. The van der Waals surface area contributed by atoms with Crippen molar-refractivity contribution in [2.45, 2.75) is 24.9 Å². The molecule has 1 atom stereocenters. The van der Waals surface area contributed by atoms with Crippen LogP contribution in [0.25, 0.3) is 0 Å². The molecule has 1 aromatic rings. The summed E-state index contributed by atoms with van der Waals surface area (Å²) < 4.78 is 13.4. The van der Waals surface area contributed by atoms with Gasteiger partial charge in [-0.2, -0.15) is 0 Å². The number of rotatable bonds is 4. The van der Waals surface area contributed by atoms with Gasteiger partial charge in [-0.05, 0) is 57.7 Å². The highest BCUT2D eigenvalue weighted by atomic mass is 35.5. The third-order valence-electron chi connectivity index (χ3n) is 3.61. The Balaban J connectivity index is 0.00000220. The average Bonchev–Trinajstić information content (AvgIpc) is 2.39. The van der Waals surface area contributed by atoms with Crippen molar-refractivity contribution in [2.24, 2.45) is 0 Å². The number of amides is 1. The maximum atomic E-state index is 13.4. The zero-order valence-corrected chi connectivity index (χ0v) is 14.5. The maximum absolute atomic E-state index is 13.4. The number of nitrogens with zero attached hydrogens (tertiary/aromatic N) is 1. The van der Waals surface area contributed by atoms with E-state index < -0.39 is 6.04 Å². The van der Waals surface area contributed by atoms with Crippen LogP contribution in [0.1, 0.15) is 24.4 Å². The highest BCUT2D eigenvalue weighted by molar-refractivity contribution is 5.85. The molecule has 4 nitrogen and oxygen atoms in total. The number of carbonyl (C=O) groups is 1. The minimum atomic E-state index is -0.458. The van der Waals surface area contributed by atoms with Crippen molar-refractivity contribution < 1.29 is 9.18 Å². The van der Waals surface area contributed by atoms with E-state index in [-0.39, 0.29) is 42.6 Å². The number of hydrogen-bond donors (Lipinski definition) is 2. The number of likely N-dealkylation sites (N-methyl/N-ethyl adjacent to an activating group) is 1. The predicted molar refractivity (Wildman–Crippen MR) is 91.4 cm³/mol. The standard InChI is InChI=1S/C15H22FN3O.2ClH/c1-19(2)14(11-4-3-5-12(16)10-11)15(20)18-13-6-8-17-9-7-13;;/h3-5,10,13-14,17H,6-9H2,1-2H3,(H,18,20);2*1H. The van der Waals surface area contributed by atoms with Crippen LogP contribution in [0.3, 0.4) is 0 Å². The molecule has 0 aliphatic carbocycles. The lowest BCUT2D eigenvalue weighted by Gasteiger charge is -2.29. The van der Waals surface area contributed by atoms with Crippen LogP contribution < -0.4 is 10.6 Å². The van der Waals surface area contributed by atoms with Gasteiger partial charge in [0.25, 0.3) is 0 Å². The Morgan fingerprint density at radius 1 is 1.32 bits per heavy atom. The van der Waals surface area contributed by atoms with Crippen molar-refractivity contribution in [3.8, 4) is 0 Å². The van der Waals surface area contributed by atoms with E-state index in [9.17, 15) is 9.18 Å². The van der Waals surface area contributed by atoms with Gasteiger partial charge in [-0.3, -0.25) is 9.69 Å². The van der Waals surface area contributed by atoms with Gasteiger partial charge in [-0.15, -0.1) is 24.8 Å². The van der Waals surface area contributed by atoms with Gasteiger partial charge >= 0.3 is 0 Å². The lowest BCUT2D eigenvalue weighted by atomic mass is 10.0. The van der Waals surface area contributed by atoms with Crippen LogP contribution in [0, 0.1) is 5.82 Å². The Bertz CT molecular complexity index is 468. The second-order valence-corrected chi connectivity index (χ2v) is 5.45. The van der Waals surface area contributed by atoms with Crippen molar-refractivity contribution in [1.29, 1.82) is 0 Å². The fraction of sp³-hybridized carbons (Fsp3) is 0.533. The summed E-state index contributed by atoms with van der Waals surface area (Å²) in [6.07, 6.45) is 1.88. The molecule has 0 radical (unpaired) electrons. The van der Waals surface area contributed by atoms with Crippen molar-refractivity contribution in [1.82, 2.24) is 15.5 Å². The first-order valence-electron chi connectivity index (χ1n) is 7.01. The van der Waals surface area contributed by atoms with Crippen molar-refractivity contribution >= 4 is 30.7 Å². The van der Waals surface area contributed by atoms with Crippen LogP contribution in [0.15, 0.2) is 24.3 Å². The van der Waals surface area contributed by atoms with E-state index in [0.29, 0.717) is 5.56 Å². The molecule has 1 unspecified atom stereocenters. The average molecular weight is 352 g/mol. The number of hydrogen-bond acceptors (Lipinski definition) is 3. The molecule has 1 saturated heterocycles. The molecule has 2 rings (SSSR count). The molecule has 1 aromatic carbocycles. The molecular formula is C15H24Cl2FN3O. The Morgan fingerprint density at radius 3 is 2.50 bits per heavy atom. The van der Waals surface area contributed by atoms with E-state index in [4.69, 9.17) is 0 Å². The Kier molecular flexibility index (Phi) is 9.60. The van der Waals surface area contributed by atoms with Crippen molar-refractivity contribution in [3.63, 3.8) is 0 Å². The molecule has 0 saturated carbocycles. The molecular weight excluding hydrogens is 328 g/mol. The molecule has 22 heavy (non-hydrogen) atoms. The molecule has 126 valence electrons. The van der Waals surface area contributed by atoms with Gasteiger partial charge < -0.3 is 10.6 Å². The van der Waals surface area contributed by atoms with E-state index in [1.807, 2.05) is 19.0 Å². The van der Waals surface area contributed by atoms with Gasteiger partial charge in [0.15, 0.2) is 0 Å². The lowest BCUT2D eigenvalue weighted by Crippen LogP contribution is -2.46. The first-order valence-corrected chi connectivity index (χ1v) is 7.01. The number of halogens is 3. The van der Waals surface area contributed by atoms with Crippen LogP contribution in [0.2, 0.25) is 0 Å². The fourth-order valence-corrected chi connectivity index (χ4v) is 2.61. The Morgan fingerprint density at radius 2 is 1.95 bits per heavy atom. The van der Waals surface area contributed by atoms with Crippen molar-refractivity contribution in [3.05, 3.63) is 35.6 Å². The number of benzene rings is 1. The van der Waals surface area contributed by atoms with E-state index in [1.54, 1.807) is 12.1 Å². The highest BCUT2D eigenvalue weighted by Gasteiger charge is 2.26. The van der Waals surface area contributed by atoms with Gasteiger partial charge in [-0.25, -0.2) is 4.39 Å². The number of nitrogens with one attached hydrogen (secondary N) is 2. The van der Waals surface area contributed by atoms with E-state index >= 15 is 0 Å². The van der Waals surface area contributed by atoms with E-state index in [0.717, 1.165) is 25.9 Å². The number of piperidine rings is 1. The minimum Gasteiger partial charge on any atom is -0.352 e. The molecule has 2 N–H and O–H groups in total.